The molecule has 1 unspecified atom stereocenters. The quantitative estimate of drug-likeness (QED) is 0.770. The maximum atomic E-state index is 11.4. The maximum Gasteiger partial charge on any atom is 0.252 e. The zero-order valence-electron chi connectivity index (χ0n) is 9.79. The minimum absolute atomic E-state index is 0.0717. The van der Waals surface area contributed by atoms with Crippen LogP contribution in [0.2, 0.25) is 0 Å². The van der Waals surface area contributed by atoms with Gasteiger partial charge in [0.25, 0.3) is 5.56 Å². The van der Waals surface area contributed by atoms with Crippen LogP contribution in [-0.2, 0) is 0 Å². The Kier molecular flexibility index (Phi) is 3.24. The molecule has 2 heterocycles. The van der Waals surface area contributed by atoms with Crippen LogP contribution in [-0.4, -0.2) is 36.1 Å². The Hall–Kier alpha value is -1.36. The summed E-state index contributed by atoms with van der Waals surface area (Å²) in [5.74, 6) is 1.48. The molecule has 0 radical (unpaired) electrons. The summed E-state index contributed by atoms with van der Waals surface area (Å²) in [5.41, 5.74) is -0.0717. The molecule has 88 valence electrons. The highest BCUT2D eigenvalue weighted by atomic mass is 16.1. The van der Waals surface area contributed by atoms with E-state index < -0.39 is 0 Å². The van der Waals surface area contributed by atoms with Crippen LogP contribution in [0.3, 0.4) is 0 Å². The summed E-state index contributed by atoms with van der Waals surface area (Å²) in [6, 6.07) is 2.04. The van der Waals surface area contributed by atoms with Crippen LogP contribution in [0.15, 0.2) is 10.9 Å². The van der Waals surface area contributed by atoms with Crippen LogP contribution >= 0.6 is 0 Å². The smallest absolute Gasteiger partial charge is 0.252 e. The number of likely N-dealkylation sites (N-methyl/N-ethyl adjacent to an activating group) is 1. The number of nitrogens with one attached hydrogen (secondary N) is 2. The summed E-state index contributed by atoms with van der Waals surface area (Å²) < 4.78 is 0. The van der Waals surface area contributed by atoms with Crippen molar-refractivity contribution in [3.05, 3.63) is 22.2 Å². The van der Waals surface area contributed by atoms with E-state index in [1.807, 2.05) is 14.0 Å². The lowest BCUT2D eigenvalue weighted by Crippen LogP contribution is -2.38. The van der Waals surface area contributed by atoms with Crippen molar-refractivity contribution in [3.8, 4) is 0 Å². The molecule has 2 N–H and O–H groups in total. The van der Waals surface area contributed by atoms with Gasteiger partial charge in [-0.25, -0.2) is 4.98 Å². The lowest BCUT2D eigenvalue weighted by Gasteiger charge is -2.25. The van der Waals surface area contributed by atoms with Gasteiger partial charge in [-0.1, -0.05) is 0 Å². The molecular weight excluding hydrogens is 204 g/mol. The molecule has 16 heavy (non-hydrogen) atoms. The van der Waals surface area contributed by atoms with Crippen molar-refractivity contribution in [1.29, 1.82) is 0 Å². The van der Waals surface area contributed by atoms with E-state index in [1.165, 1.54) is 6.42 Å². The Morgan fingerprint density at radius 1 is 1.69 bits per heavy atom. The lowest BCUT2D eigenvalue weighted by molar-refractivity contribution is 0.610. The first-order valence-electron chi connectivity index (χ1n) is 5.70. The Morgan fingerprint density at radius 3 is 3.19 bits per heavy atom. The largest absolute Gasteiger partial charge is 0.352 e. The number of aromatic amines is 1. The summed E-state index contributed by atoms with van der Waals surface area (Å²) >= 11 is 0. The van der Waals surface area contributed by atoms with Crippen LogP contribution in [0.1, 0.15) is 18.7 Å². The highest BCUT2D eigenvalue weighted by Gasteiger charge is 2.25. The third kappa shape index (κ3) is 2.24. The van der Waals surface area contributed by atoms with Crippen molar-refractivity contribution in [2.24, 2.45) is 0 Å². The number of anilines is 1. The van der Waals surface area contributed by atoms with Gasteiger partial charge in [0, 0.05) is 25.2 Å². The fourth-order valence-electron chi connectivity index (χ4n) is 2.30. The molecule has 1 aliphatic heterocycles. The van der Waals surface area contributed by atoms with Gasteiger partial charge in [-0.3, -0.25) is 4.79 Å². The average molecular weight is 222 g/mol. The Morgan fingerprint density at radius 2 is 2.50 bits per heavy atom. The fraction of sp³-hybridized carbons (Fsp3) is 0.636. The average Bonchev–Trinajstić information content (AvgIpc) is 2.65. The van der Waals surface area contributed by atoms with Gasteiger partial charge in [0.2, 0.25) is 0 Å². The molecule has 1 aromatic rings. The molecule has 0 aliphatic carbocycles. The topological polar surface area (TPSA) is 61.0 Å². The molecule has 0 aromatic carbocycles. The predicted octanol–water partition coefficient (Wildman–Crippen LogP) is 0.267. The highest BCUT2D eigenvalue weighted by molar-refractivity contribution is 5.40. The number of hydrogen-bond acceptors (Lipinski definition) is 4. The van der Waals surface area contributed by atoms with Gasteiger partial charge < -0.3 is 15.2 Å². The molecule has 1 aromatic heterocycles. The van der Waals surface area contributed by atoms with E-state index in [9.17, 15) is 4.79 Å². The zero-order valence-corrected chi connectivity index (χ0v) is 9.79. The second-order valence-corrected chi connectivity index (χ2v) is 4.24. The monoisotopic (exact) mass is 222 g/mol. The third-order valence-electron chi connectivity index (χ3n) is 2.96. The molecular formula is C11H18N4O. The number of aryl methyl sites for hydroxylation is 1. The standard InChI is InChI=1S/C11H18N4O/c1-8-13-10(6-11(16)14-8)15-5-3-4-9(15)7-12-2/h6,9,12H,3-5,7H2,1-2H3,(H,13,14,16). The van der Waals surface area contributed by atoms with Gasteiger partial charge in [-0.15, -0.1) is 0 Å². The highest BCUT2D eigenvalue weighted by Crippen LogP contribution is 2.22. The molecule has 5 heteroatoms. The van der Waals surface area contributed by atoms with Gasteiger partial charge in [0.1, 0.15) is 11.6 Å². The van der Waals surface area contributed by atoms with E-state index in [-0.39, 0.29) is 5.56 Å². The summed E-state index contributed by atoms with van der Waals surface area (Å²) in [6.07, 6.45) is 2.33. The molecule has 1 fully saturated rings. The molecule has 5 nitrogen and oxygen atoms in total. The molecule has 1 atom stereocenters. The van der Waals surface area contributed by atoms with Crippen LogP contribution in [0.4, 0.5) is 5.82 Å². The van der Waals surface area contributed by atoms with Crippen molar-refractivity contribution in [2.45, 2.75) is 25.8 Å². The van der Waals surface area contributed by atoms with Gasteiger partial charge in [0.15, 0.2) is 0 Å². The molecule has 1 aliphatic rings. The first kappa shape index (κ1) is 11.1. The SMILES string of the molecule is CNCC1CCCN1c1cc(=O)[nH]c(C)n1. The summed E-state index contributed by atoms with van der Waals surface area (Å²) in [7, 11) is 1.95. The number of H-pyrrole nitrogens is 1. The van der Waals surface area contributed by atoms with E-state index >= 15 is 0 Å². The second-order valence-electron chi connectivity index (χ2n) is 4.24. The number of hydrogen-bond donors (Lipinski definition) is 2. The minimum atomic E-state index is -0.0717. The third-order valence-corrected chi connectivity index (χ3v) is 2.96. The molecule has 1 saturated heterocycles. The van der Waals surface area contributed by atoms with Gasteiger partial charge in [0.05, 0.1) is 0 Å². The fourth-order valence-corrected chi connectivity index (χ4v) is 2.30. The van der Waals surface area contributed by atoms with Crippen molar-refractivity contribution in [1.82, 2.24) is 15.3 Å². The van der Waals surface area contributed by atoms with Crippen LogP contribution in [0.5, 0.6) is 0 Å². The first-order valence-corrected chi connectivity index (χ1v) is 5.70. The summed E-state index contributed by atoms with van der Waals surface area (Å²) in [6.45, 7) is 3.74. The summed E-state index contributed by atoms with van der Waals surface area (Å²) in [5, 5.41) is 3.18. The Labute approximate surface area is 94.9 Å². The van der Waals surface area contributed by atoms with Gasteiger partial charge in [-0.05, 0) is 26.8 Å². The van der Waals surface area contributed by atoms with E-state index in [4.69, 9.17) is 0 Å². The molecule has 0 spiro atoms. The molecule has 0 amide bonds. The predicted molar refractivity (Wildman–Crippen MR) is 63.9 cm³/mol. The zero-order chi connectivity index (χ0) is 11.5. The lowest BCUT2D eigenvalue weighted by atomic mass is 10.2. The van der Waals surface area contributed by atoms with Crippen LogP contribution in [0.25, 0.3) is 0 Å². The van der Waals surface area contributed by atoms with E-state index in [0.717, 1.165) is 25.3 Å². The first-order chi connectivity index (χ1) is 7.70. The van der Waals surface area contributed by atoms with E-state index in [1.54, 1.807) is 6.07 Å². The summed E-state index contributed by atoms with van der Waals surface area (Å²) in [4.78, 5) is 20.7. The molecule has 2 rings (SSSR count). The van der Waals surface area contributed by atoms with Crippen molar-refractivity contribution < 1.29 is 0 Å². The number of nitrogens with zero attached hydrogens (tertiary/aromatic N) is 2. The maximum absolute atomic E-state index is 11.4. The molecule has 0 saturated carbocycles. The normalized spacial score (nSPS) is 20.4. The van der Waals surface area contributed by atoms with E-state index in [2.05, 4.69) is 20.2 Å². The number of aromatic nitrogens is 2. The molecule has 0 bridgehead atoms. The van der Waals surface area contributed by atoms with Crippen LogP contribution < -0.4 is 15.8 Å². The van der Waals surface area contributed by atoms with Crippen molar-refractivity contribution in [2.75, 3.05) is 25.0 Å². The Bertz CT molecular complexity index is 415. The Balaban J connectivity index is 2.25. The van der Waals surface area contributed by atoms with E-state index in [0.29, 0.717) is 11.9 Å². The van der Waals surface area contributed by atoms with Crippen molar-refractivity contribution >= 4 is 5.82 Å². The minimum Gasteiger partial charge on any atom is -0.352 e. The van der Waals surface area contributed by atoms with Crippen LogP contribution in [0, 0.1) is 6.92 Å². The second kappa shape index (κ2) is 4.65. The van der Waals surface area contributed by atoms with Crippen molar-refractivity contribution in [3.63, 3.8) is 0 Å². The number of rotatable bonds is 3. The van der Waals surface area contributed by atoms with Gasteiger partial charge in [-0.2, -0.15) is 0 Å². The van der Waals surface area contributed by atoms with Gasteiger partial charge >= 0.3 is 0 Å².